The standard InChI is InChI=1S/C15H14N2O3/c1-3-8-17(10-14(18)19)15-13-9-12(20-2)5-4-11(13)6-7-16-15/h1,4-7,9H,8,10H2,2H3,(H,18,19). The van der Waals surface area contributed by atoms with Gasteiger partial charge >= 0.3 is 5.97 Å². The second-order valence-corrected chi connectivity index (χ2v) is 4.18. The molecule has 20 heavy (non-hydrogen) atoms. The Kier molecular flexibility index (Phi) is 4.06. The van der Waals surface area contributed by atoms with Crippen LogP contribution < -0.4 is 9.64 Å². The first-order chi connectivity index (χ1) is 9.65. The number of aromatic nitrogens is 1. The number of hydrogen-bond acceptors (Lipinski definition) is 4. The van der Waals surface area contributed by atoms with Crippen LogP contribution in [0.2, 0.25) is 0 Å². The van der Waals surface area contributed by atoms with Crippen molar-refractivity contribution in [2.75, 3.05) is 25.1 Å². The van der Waals surface area contributed by atoms with E-state index in [-0.39, 0.29) is 13.1 Å². The molecule has 0 saturated carbocycles. The summed E-state index contributed by atoms with van der Waals surface area (Å²) in [6.45, 7) is -0.0247. The fraction of sp³-hybridized carbons (Fsp3) is 0.200. The van der Waals surface area contributed by atoms with Crippen molar-refractivity contribution in [1.82, 2.24) is 4.98 Å². The molecule has 0 amide bonds. The van der Waals surface area contributed by atoms with Crippen LogP contribution in [0.5, 0.6) is 5.75 Å². The van der Waals surface area contributed by atoms with Crippen LogP contribution >= 0.6 is 0 Å². The molecule has 0 aliphatic carbocycles. The molecule has 2 aromatic rings. The number of carboxylic acid groups (broad SMARTS) is 1. The number of methoxy groups -OCH3 is 1. The number of benzene rings is 1. The minimum Gasteiger partial charge on any atom is -0.497 e. The maximum atomic E-state index is 11.0. The molecule has 0 aliphatic rings. The summed E-state index contributed by atoms with van der Waals surface area (Å²) in [6.07, 6.45) is 6.94. The van der Waals surface area contributed by atoms with Gasteiger partial charge in [0.15, 0.2) is 0 Å². The molecule has 2 rings (SSSR count). The van der Waals surface area contributed by atoms with E-state index < -0.39 is 5.97 Å². The molecule has 1 heterocycles. The maximum absolute atomic E-state index is 11.0. The summed E-state index contributed by atoms with van der Waals surface area (Å²) < 4.78 is 5.20. The van der Waals surface area contributed by atoms with Gasteiger partial charge in [-0.2, -0.15) is 0 Å². The van der Waals surface area contributed by atoms with Gasteiger partial charge in [-0.1, -0.05) is 12.0 Å². The van der Waals surface area contributed by atoms with Crippen molar-refractivity contribution in [1.29, 1.82) is 0 Å². The first kappa shape index (κ1) is 13.7. The van der Waals surface area contributed by atoms with Gasteiger partial charge in [-0.3, -0.25) is 4.79 Å². The highest BCUT2D eigenvalue weighted by Crippen LogP contribution is 2.27. The van der Waals surface area contributed by atoms with E-state index in [1.807, 2.05) is 24.3 Å². The van der Waals surface area contributed by atoms with Gasteiger partial charge in [0.25, 0.3) is 0 Å². The normalized spacial score (nSPS) is 10.0. The molecular formula is C15H14N2O3. The average Bonchev–Trinajstić information content (AvgIpc) is 2.45. The molecule has 0 saturated heterocycles. The lowest BCUT2D eigenvalue weighted by Gasteiger charge is -2.20. The fourth-order valence-corrected chi connectivity index (χ4v) is 1.99. The third-order valence-corrected chi connectivity index (χ3v) is 2.86. The van der Waals surface area contributed by atoms with Gasteiger partial charge in [0.05, 0.1) is 13.7 Å². The number of carboxylic acids is 1. The van der Waals surface area contributed by atoms with E-state index in [0.29, 0.717) is 11.6 Å². The van der Waals surface area contributed by atoms with Crippen molar-refractivity contribution in [3.63, 3.8) is 0 Å². The predicted molar refractivity (Wildman–Crippen MR) is 77.0 cm³/mol. The Hall–Kier alpha value is -2.74. The van der Waals surface area contributed by atoms with E-state index in [2.05, 4.69) is 10.9 Å². The van der Waals surface area contributed by atoms with Crippen LogP contribution in [0, 0.1) is 12.3 Å². The topological polar surface area (TPSA) is 62.7 Å². The first-order valence-electron chi connectivity index (χ1n) is 5.98. The van der Waals surface area contributed by atoms with Crippen molar-refractivity contribution in [2.45, 2.75) is 0 Å². The molecule has 0 radical (unpaired) electrons. The summed E-state index contributed by atoms with van der Waals surface area (Å²) in [7, 11) is 1.58. The lowest BCUT2D eigenvalue weighted by atomic mass is 10.1. The molecule has 5 heteroatoms. The summed E-state index contributed by atoms with van der Waals surface area (Å²) in [5.74, 6) is 2.73. The molecule has 1 N–H and O–H groups in total. The summed E-state index contributed by atoms with van der Waals surface area (Å²) in [5.41, 5.74) is 0. The number of fused-ring (bicyclic) bond motifs is 1. The number of pyridine rings is 1. The summed E-state index contributed by atoms with van der Waals surface area (Å²) in [5, 5.41) is 10.7. The number of rotatable bonds is 5. The number of carbonyl (C=O) groups is 1. The Labute approximate surface area is 116 Å². The smallest absolute Gasteiger partial charge is 0.323 e. The third kappa shape index (κ3) is 2.81. The lowest BCUT2D eigenvalue weighted by Crippen LogP contribution is -2.30. The largest absolute Gasteiger partial charge is 0.497 e. The highest BCUT2D eigenvalue weighted by atomic mass is 16.5. The van der Waals surface area contributed by atoms with Gasteiger partial charge in [-0.15, -0.1) is 6.42 Å². The number of aliphatic carboxylic acids is 1. The molecule has 1 aromatic carbocycles. The molecule has 1 aromatic heterocycles. The third-order valence-electron chi connectivity index (χ3n) is 2.86. The van der Waals surface area contributed by atoms with Gasteiger partial charge in [0.1, 0.15) is 18.1 Å². The Bertz CT molecular complexity index is 676. The number of nitrogens with zero attached hydrogens (tertiary/aromatic N) is 2. The molecular weight excluding hydrogens is 256 g/mol. The van der Waals surface area contributed by atoms with Gasteiger partial charge in [-0.05, 0) is 23.6 Å². The molecule has 0 bridgehead atoms. The van der Waals surface area contributed by atoms with E-state index in [1.165, 1.54) is 0 Å². The van der Waals surface area contributed by atoms with E-state index >= 15 is 0 Å². The molecule has 0 atom stereocenters. The van der Waals surface area contributed by atoms with Gasteiger partial charge in [0, 0.05) is 11.6 Å². The SMILES string of the molecule is C#CCN(CC(=O)O)c1nccc2ccc(OC)cc12. The van der Waals surface area contributed by atoms with Crippen molar-refractivity contribution in [3.05, 3.63) is 30.5 Å². The van der Waals surface area contributed by atoms with Crippen LogP contribution in [-0.4, -0.2) is 36.3 Å². The summed E-state index contributed by atoms with van der Waals surface area (Å²) in [4.78, 5) is 16.8. The van der Waals surface area contributed by atoms with Crippen LogP contribution in [0.3, 0.4) is 0 Å². The summed E-state index contributed by atoms with van der Waals surface area (Å²) in [6, 6.07) is 7.42. The molecule has 0 unspecified atom stereocenters. The quantitative estimate of drug-likeness (QED) is 0.839. The first-order valence-corrected chi connectivity index (χ1v) is 5.98. The molecule has 5 nitrogen and oxygen atoms in total. The van der Waals surface area contributed by atoms with Crippen molar-refractivity contribution >= 4 is 22.6 Å². The van der Waals surface area contributed by atoms with Gasteiger partial charge in [0.2, 0.25) is 0 Å². The lowest BCUT2D eigenvalue weighted by molar-refractivity contribution is -0.135. The van der Waals surface area contributed by atoms with E-state index in [4.69, 9.17) is 16.3 Å². The van der Waals surface area contributed by atoms with Gasteiger partial charge in [-0.25, -0.2) is 4.98 Å². The second-order valence-electron chi connectivity index (χ2n) is 4.18. The number of hydrogen-bond donors (Lipinski definition) is 1. The van der Waals surface area contributed by atoms with E-state index in [9.17, 15) is 4.79 Å². The average molecular weight is 270 g/mol. The molecule has 0 fully saturated rings. The monoisotopic (exact) mass is 270 g/mol. The van der Waals surface area contributed by atoms with Gasteiger partial charge < -0.3 is 14.7 Å². The molecule has 102 valence electrons. The van der Waals surface area contributed by atoms with Crippen LogP contribution in [-0.2, 0) is 4.79 Å². The van der Waals surface area contributed by atoms with E-state index in [1.54, 1.807) is 18.2 Å². The zero-order chi connectivity index (χ0) is 14.5. The number of anilines is 1. The highest BCUT2D eigenvalue weighted by molar-refractivity contribution is 5.94. The maximum Gasteiger partial charge on any atom is 0.323 e. The molecule has 0 aliphatic heterocycles. The van der Waals surface area contributed by atoms with E-state index in [0.717, 1.165) is 10.8 Å². The van der Waals surface area contributed by atoms with Crippen LogP contribution in [0.25, 0.3) is 10.8 Å². The van der Waals surface area contributed by atoms with Crippen molar-refractivity contribution in [2.24, 2.45) is 0 Å². The number of terminal acetylenes is 1. The van der Waals surface area contributed by atoms with Crippen molar-refractivity contribution < 1.29 is 14.6 Å². The predicted octanol–water partition coefficient (Wildman–Crippen LogP) is 1.77. The Morgan fingerprint density at radius 3 is 2.95 bits per heavy atom. The fourth-order valence-electron chi connectivity index (χ4n) is 1.99. The van der Waals surface area contributed by atoms with Crippen LogP contribution in [0.4, 0.5) is 5.82 Å². The second kappa shape index (κ2) is 5.93. The zero-order valence-electron chi connectivity index (χ0n) is 11.0. The van der Waals surface area contributed by atoms with Crippen LogP contribution in [0.1, 0.15) is 0 Å². The Morgan fingerprint density at radius 2 is 2.30 bits per heavy atom. The minimum atomic E-state index is -0.957. The Morgan fingerprint density at radius 1 is 1.50 bits per heavy atom. The zero-order valence-corrected chi connectivity index (χ0v) is 11.0. The Balaban J connectivity index is 2.55. The number of ether oxygens (including phenoxy) is 1. The minimum absolute atomic E-state index is 0.176. The van der Waals surface area contributed by atoms with Crippen molar-refractivity contribution in [3.8, 4) is 18.1 Å². The summed E-state index contributed by atoms with van der Waals surface area (Å²) >= 11 is 0. The molecule has 0 spiro atoms. The highest BCUT2D eigenvalue weighted by Gasteiger charge is 2.14. The van der Waals surface area contributed by atoms with Crippen LogP contribution in [0.15, 0.2) is 30.5 Å².